The summed E-state index contributed by atoms with van der Waals surface area (Å²) in [6.07, 6.45) is 1.78. The topological polar surface area (TPSA) is 71.8 Å². The van der Waals surface area contributed by atoms with Crippen molar-refractivity contribution in [3.8, 4) is 5.69 Å². The third kappa shape index (κ3) is 2.88. The van der Waals surface area contributed by atoms with Crippen molar-refractivity contribution in [1.82, 2.24) is 25.2 Å². The van der Waals surface area contributed by atoms with Crippen LogP contribution in [-0.4, -0.2) is 39.3 Å². The fraction of sp³-hybridized carbons (Fsp3) is 0.200. The van der Waals surface area contributed by atoms with Crippen LogP contribution >= 0.6 is 0 Å². The van der Waals surface area contributed by atoms with Crippen molar-refractivity contribution in [2.24, 2.45) is 0 Å². The second-order valence-corrected chi connectivity index (χ2v) is 4.98. The van der Waals surface area contributed by atoms with Gasteiger partial charge in [-0.25, -0.2) is 4.98 Å². The average Bonchev–Trinajstić information content (AvgIpc) is 3.02. The van der Waals surface area contributed by atoms with Gasteiger partial charge in [0.2, 0.25) is 5.95 Å². The largest absolute Gasteiger partial charge is 0.362 e. The Kier molecular flexibility index (Phi) is 3.95. The molecule has 1 aromatic carbocycles. The molecule has 3 rings (SSSR count). The summed E-state index contributed by atoms with van der Waals surface area (Å²) in [6, 6.07) is 13.7. The predicted molar refractivity (Wildman–Crippen MR) is 85.0 cm³/mol. The molecule has 7 nitrogen and oxygen atoms in total. The Balaban J connectivity index is 1.80. The molecule has 0 amide bonds. The average molecular weight is 295 g/mol. The molecule has 0 fully saturated rings. The summed E-state index contributed by atoms with van der Waals surface area (Å²) in [5.41, 5.74) is 1.99. The van der Waals surface area contributed by atoms with Crippen molar-refractivity contribution >= 4 is 11.8 Å². The number of anilines is 2. The molecule has 0 radical (unpaired) electrons. The molecule has 0 atom stereocenters. The maximum Gasteiger partial charge on any atom is 0.248 e. The Bertz CT molecular complexity index is 736. The summed E-state index contributed by atoms with van der Waals surface area (Å²) in [7, 11) is 3.94. The third-order valence-electron chi connectivity index (χ3n) is 3.20. The van der Waals surface area contributed by atoms with Crippen LogP contribution in [0.5, 0.6) is 0 Å². The van der Waals surface area contributed by atoms with Gasteiger partial charge < -0.3 is 10.2 Å². The quantitative estimate of drug-likeness (QED) is 0.773. The first-order valence-electron chi connectivity index (χ1n) is 6.94. The molecular weight excluding hydrogens is 278 g/mol. The molecule has 0 bridgehead atoms. The molecule has 0 aliphatic heterocycles. The van der Waals surface area contributed by atoms with E-state index < -0.39 is 0 Å². The number of para-hydroxylation sites is 1. The van der Waals surface area contributed by atoms with Crippen LogP contribution in [0, 0.1) is 0 Å². The van der Waals surface area contributed by atoms with E-state index in [-0.39, 0.29) is 0 Å². The normalized spacial score (nSPS) is 10.5. The molecule has 112 valence electrons. The van der Waals surface area contributed by atoms with E-state index in [4.69, 9.17) is 0 Å². The minimum atomic E-state index is 0.592. The number of tetrazole rings is 1. The van der Waals surface area contributed by atoms with Crippen molar-refractivity contribution in [1.29, 1.82) is 0 Å². The summed E-state index contributed by atoms with van der Waals surface area (Å²) < 4.78 is 1.67. The molecule has 0 saturated heterocycles. The summed E-state index contributed by atoms with van der Waals surface area (Å²) >= 11 is 0. The van der Waals surface area contributed by atoms with Crippen molar-refractivity contribution in [3.63, 3.8) is 0 Å². The molecule has 2 aromatic heterocycles. The van der Waals surface area contributed by atoms with Gasteiger partial charge in [-0.15, -0.1) is 0 Å². The van der Waals surface area contributed by atoms with E-state index in [2.05, 4.69) is 25.8 Å². The van der Waals surface area contributed by atoms with Gasteiger partial charge in [-0.3, -0.25) is 0 Å². The van der Waals surface area contributed by atoms with Crippen LogP contribution in [0.4, 0.5) is 11.8 Å². The maximum absolute atomic E-state index is 4.39. The van der Waals surface area contributed by atoms with E-state index in [9.17, 15) is 0 Å². The monoisotopic (exact) mass is 295 g/mol. The Morgan fingerprint density at radius 2 is 1.91 bits per heavy atom. The molecule has 0 aliphatic carbocycles. The number of benzene rings is 1. The van der Waals surface area contributed by atoms with Crippen LogP contribution in [-0.2, 0) is 6.54 Å². The summed E-state index contributed by atoms with van der Waals surface area (Å²) in [4.78, 5) is 6.37. The molecule has 1 N–H and O–H groups in total. The van der Waals surface area contributed by atoms with E-state index in [1.54, 1.807) is 10.9 Å². The van der Waals surface area contributed by atoms with Gasteiger partial charge in [0.1, 0.15) is 5.82 Å². The maximum atomic E-state index is 4.39. The van der Waals surface area contributed by atoms with Crippen LogP contribution in [0.25, 0.3) is 5.69 Å². The number of hydrogen-bond acceptors (Lipinski definition) is 6. The standard InChI is InChI=1S/C15H17N7/c1-21(2)14-12(7-6-10-16-14)11-17-15-18-19-20-22(15)13-8-4-3-5-9-13/h3-10H,11H2,1-2H3,(H,17,18,20). The zero-order valence-electron chi connectivity index (χ0n) is 12.5. The SMILES string of the molecule is CN(C)c1ncccc1CNc1nnnn1-c1ccccc1. The Morgan fingerprint density at radius 1 is 1.09 bits per heavy atom. The van der Waals surface area contributed by atoms with Crippen molar-refractivity contribution in [2.75, 3.05) is 24.3 Å². The number of pyridine rings is 1. The first-order chi connectivity index (χ1) is 10.8. The fourth-order valence-electron chi connectivity index (χ4n) is 2.19. The first kappa shape index (κ1) is 14.0. The molecular formula is C15H17N7. The Labute approximate surface area is 128 Å². The minimum absolute atomic E-state index is 0.592. The lowest BCUT2D eigenvalue weighted by Crippen LogP contribution is -2.15. The zero-order valence-corrected chi connectivity index (χ0v) is 12.5. The smallest absolute Gasteiger partial charge is 0.248 e. The lowest BCUT2D eigenvalue weighted by atomic mass is 10.2. The molecule has 3 aromatic rings. The van der Waals surface area contributed by atoms with Gasteiger partial charge in [-0.2, -0.15) is 4.68 Å². The van der Waals surface area contributed by atoms with Gasteiger partial charge in [0.25, 0.3) is 0 Å². The second kappa shape index (κ2) is 6.21. The zero-order chi connectivity index (χ0) is 15.4. The molecule has 0 aliphatic rings. The van der Waals surface area contributed by atoms with Crippen LogP contribution in [0.1, 0.15) is 5.56 Å². The molecule has 0 unspecified atom stereocenters. The second-order valence-electron chi connectivity index (χ2n) is 4.98. The van der Waals surface area contributed by atoms with Gasteiger partial charge in [-0.1, -0.05) is 29.4 Å². The summed E-state index contributed by atoms with van der Waals surface area (Å²) in [6.45, 7) is 0.592. The lowest BCUT2D eigenvalue weighted by molar-refractivity contribution is 0.789. The summed E-state index contributed by atoms with van der Waals surface area (Å²) in [5.74, 6) is 1.52. The van der Waals surface area contributed by atoms with Crippen LogP contribution in [0.3, 0.4) is 0 Å². The van der Waals surface area contributed by atoms with E-state index in [0.29, 0.717) is 12.5 Å². The highest BCUT2D eigenvalue weighted by atomic mass is 15.6. The summed E-state index contributed by atoms with van der Waals surface area (Å²) in [5, 5.41) is 15.1. The van der Waals surface area contributed by atoms with E-state index in [1.807, 2.05) is 61.5 Å². The van der Waals surface area contributed by atoms with Gasteiger partial charge in [0.15, 0.2) is 0 Å². The van der Waals surface area contributed by atoms with Crippen molar-refractivity contribution in [3.05, 3.63) is 54.2 Å². The van der Waals surface area contributed by atoms with E-state index in [0.717, 1.165) is 17.1 Å². The molecule has 0 saturated carbocycles. The first-order valence-corrected chi connectivity index (χ1v) is 6.94. The molecule has 2 heterocycles. The highest BCUT2D eigenvalue weighted by molar-refractivity contribution is 5.47. The molecule has 22 heavy (non-hydrogen) atoms. The van der Waals surface area contributed by atoms with Gasteiger partial charge in [0, 0.05) is 32.4 Å². The highest BCUT2D eigenvalue weighted by Gasteiger charge is 2.10. The minimum Gasteiger partial charge on any atom is -0.362 e. The number of rotatable bonds is 5. The van der Waals surface area contributed by atoms with E-state index >= 15 is 0 Å². The van der Waals surface area contributed by atoms with Crippen LogP contribution in [0.2, 0.25) is 0 Å². The molecule has 7 heteroatoms. The predicted octanol–water partition coefficient (Wildman–Crippen LogP) is 1.74. The van der Waals surface area contributed by atoms with Gasteiger partial charge in [-0.05, 0) is 28.6 Å². The van der Waals surface area contributed by atoms with Crippen molar-refractivity contribution in [2.45, 2.75) is 6.54 Å². The Hall–Kier alpha value is -2.96. The number of aromatic nitrogens is 5. The van der Waals surface area contributed by atoms with Crippen LogP contribution < -0.4 is 10.2 Å². The highest BCUT2D eigenvalue weighted by Crippen LogP contribution is 2.17. The number of nitrogens with one attached hydrogen (secondary N) is 1. The number of nitrogens with zero attached hydrogens (tertiary/aromatic N) is 6. The number of hydrogen-bond donors (Lipinski definition) is 1. The third-order valence-corrected chi connectivity index (χ3v) is 3.20. The Morgan fingerprint density at radius 3 is 2.68 bits per heavy atom. The van der Waals surface area contributed by atoms with Crippen molar-refractivity contribution < 1.29 is 0 Å². The van der Waals surface area contributed by atoms with Gasteiger partial charge >= 0.3 is 0 Å². The van der Waals surface area contributed by atoms with Gasteiger partial charge in [0.05, 0.1) is 5.69 Å². The van der Waals surface area contributed by atoms with Crippen LogP contribution in [0.15, 0.2) is 48.7 Å². The fourth-order valence-corrected chi connectivity index (χ4v) is 2.19. The van der Waals surface area contributed by atoms with E-state index in [1.165, 1.54) is 0 Å². The lowest BCUT2D eigenvalue weighted by Gasteiger charge is -2.16. The molecule has 0 spiro atoms.